The molecule has 1 aliphatic heterocycles. The van der Waals surface area contributed by atoms with Crippen LogP contribution in [0.5, 0.6) is 5.75 Å². The van der Waals surface area contributed by atoms with E-state index in [0.29, 0.717) is 18.6 Å². The highest BCUT2D eigenvalue weighted by molar-refractivity contribution is 7.90. The first-order valence-electron chi connectivity index (χ1n) is 9.09. The minimum Gasteiger partial charge on any atom is -0.480 e. The van der Waals surface area contributed by atoms with Crippen LogP contribution in [0.2, 0.25) is 0 Å². The predicted molar refractivity (Wildman–Crippen MR) is 101 cm³/mol. The van der Waals surface area contributed by atoms with Gasteiger partial charge in [-0.1, -0.05) is 23.8 Å². The Morgan fingerprint density at radius 3 is 2.34 bits per heavy atom. The summed E-state index contributed by atoms with van der Waals surface area (Å²) in [6, 6.07) is 1.40. The molecule has 5 nitrogen and oxygen atoms in total. The van der Waals surface area contributed by atoms with Crippen molar-refractivity contribution in [2.75, 3.05) is 6.26 Å². The molecule has 32 heavy (non-hydrogen) atoms. The molecular weight excluding hydrogens is 464 g/mol. The second-order valence-corrected chi connectivity index (χ2v) is 9.39. The number of hydrogen-bond donors (Lipinski definition) is 0. The zero-order valence-corrected chi connectivity index (χ0v) is 17.7. The molecule has 2 aromatic rings. The van der Waals surface area contributed by atoms with Gasteiger partial charge in [0.25, 0.3) is 5.91 Å². The number of fused-ring (bicyclic) bond motifs is 1. The molecule has 2 aromatic carbocycles. The quantitative estimate of drug-likeness (QED) is 0.460. The second-order valence-electron chi connectivity index (χ2n) is 7.37. The molecule has 1 unspecified atom stereocenters. The number of nitrogens with zero attached hydrogens (tertiary/aromatic N) is 1. The van der Waals surface area contributed by atoms with Crippen molar-refractivity contribution in [2.24, 2.45) is 0 Å². The van der Waals surface area contributed by atoms with Crippen LogP contribution in [-0.2, 0) is 15.9 Å². The van der Waals surface area contributed by atoms with Gasteiger partial charge in [-0.2, -0.15) is 22.0 Å². The van der Waals surface area contributed by atoms with Crippen molar-refractivity contribution in [1.29, 1.82) is 0 Å². The third-order valence-corrected chi connectivity index (χ3v) is 6.02. The molecule has 3 rings (SSSR count). The Hall–Kier alpha value is -2.76. The first-order chi connectivity index (χ1) is 14.5. The Labute approximate surface area is 179 Å². The molecule has 2 atom stereocenters. The van der Waals surface area contributed by atoms with Crippen LogP contribution in [0.4, 0.5) is 26.3 Å². The smallest absolute Gasteiger partial charge is 0.425 e. The summed E-state index contributed by atoms with van der Waals surface area (Å²) in [5, 5.41) is 0. The summed E-state index contributed by atoms with van der Waals surface area (Å²) in [7, 11) is -3.99. The van der Waals surface area contributed by atoms with Gasteiger partial charge in [-0.05, 0) is 32.0 Å². The van der Waals surface area contributed by atoms with Crippen LogP contribution >= 0.6 is 0 Å². The highest BCUT2D eigenvalue weighted by atomic mass is 32.2. The third kappa shape index (κ3) is 4.15. The van der Waals surface area contributed by atoms with Crippen LogP contribution in [0.1, 0.15) is 40.3 Å². The summed E-state index contributed by atoms with van der Waals surface area (Å²) >= 11 is 0. The van der Waals surface area contributed by atoms with Crippen molar-refractivity contribution in [3.8, 4) is 5.75 Å². The molecule has 0 spiro atoms. The Morgan fingerprint density at radius 1 is 1.16 bits per heavy atom. The maximum Gasteiger partial charge on any atom is 0.425 e. The SMILES string of the molecule is Cc1ccc2c(c1)C(F)N(C(=O)c1cc(S(C)(=O)=O)ccc1O[C@@H](C)C(F)(F)F)C2(F)F. The Bertz CT molecular complexity index is 1180. The van der Waals surface area contributed by atoms with E-state index in [0.717, 1.165) is 30.5 Å². The number of carbonyl (C=O) groups excluding carboxylic acids is 1. The third-order valence-electron chi connectivity index (χ3n) is 4.91. The van der Waals surface area contributed by atoms with E-state index in [9.17, 15) is 39.6 Å². The zero-order valence-electron chi connectivity index (χ0n) is 16.9. The highest BCUT2D eigenvalue weighted by Gasteiger charge is 2.56. The lowest BCUT2D eigenvalue weighted by atomic mass is 10.1. The first-order valence-corrected chi connectivity index (χ1v) is 11.0. The molecule has 1 amide bonds. The van der Waals surface area contributed by atoms with Gasteiger partial charge in [0.05, 0.1) is 16.0 Å². The molecule has 1 aliphatic rings. The van der Waals surface area contributed by atoms with Crippen molar-refractivity contribution in [3.05, 3.63) is 58.7 Å². The minimum absolute atomic E-state index is 0.441. The average Bonchev–Trinajstić information content (AvgIpc) is 2.85. The van der Waals surface area contributed by atoms with E-state index in [4.69, 9.17) is 4.74 Å². The summed E-state index contributed by atoms with van der Waals surface area (Å²) in [5.41, 5.74) is -1.77. The second kappa shape index (κ2) is 7.68. The molecule has 0 aliphatic carbocycles. The summed E-state index contributed by atoms with van der Waals surface area (Å²) in [6.45, 7) is 2.13. The predicted octanol–water partition coefficient (Wildman–Crippen LogP) is 4.90. The van der Waals surface area contributed by atoms with E-state index >= 15 is 0 Å². The largest absolute Gasteiger partial charge is 0.480 e. The summed E-state index contributed by atoms with van der Waals surface area (Å²) in [4.78, 5) is 12.0. The molecule has 0 fully saturated rings. The van der Waals surface area contributed by atoms with Crippen molar-refractivity contribution in [2.45, 2.75) is 43.4 Å². The lowest BCUT2D eigenvalue weighted by molar-refractivity contribution is -0.189. The van der Waals surface area contributed by atoms with Gasteiger partial charge in [-0.3, -0.25) is 4.79 Å². The topological polar surface area (TPSA) is 63.7 Å². The van der Waals surface area contributed by atoms with Crippen LogP contribution < -0.4 is 4.74 Å². The van der Waals surface area contributed by atoms with Crippen LogP contribution in [0.25, 0.3) is 0 Å². The van der Waals surface area contributed by atoms with Gasteiger partial charge in [0.15, 0.2) is 15.9 Å². The van der Waals surface area contributed by atoms with E-state index in [2.05, 4.69) is 0 Å². The monoisotopic (exact) mass is 481 g/mol. The van der Waals surface area contributed by atoms with Crippen LogP contribution in [0.3, 0.4) is 0 Å². The van der Waals surface area contributed by atoms with Crippen molar-refractivity contribution in [1.82, 2.24) is 4.90 Å². The molecule has 0 radical (unpaired) electrons. The number of alkyl halides is 6. The van der Waals surface area contributed by atoms with E-state index in [1.54, 1.807) is 0 Å². The number of benzene rings is 2. The van der Waals surface area contributed by atoms with Crippen LogP contribution in [0.15, 0.2) is 41.3 Å². The van der Waals surface area contributed by atoms with Gasteiger partial charge in [0.1, 0.15) is 5.75 Å². The van der Waals surface area contributed by atoms with E-state index in [-0.39, 0.29) is 0 Å². The molecule has 0 saturated heterocycles. The Balaban J connectivity index is 2.14. The zero-order chi connectivity index (χ0) is 24.2. The number of halogens is 6. The molecule has 0 N–H and O–H groups in total. The number of hydrogen-bond acceptors (Lipinski definition) is 4. The van der Waals surface area contributed by atoms with Crippen molar-refractivity contribution in [3.63, 3.8) is 0 Å². The first kappa shape index (κ1) is 23.9. The van der Waals surface area contributed by atoms with Crippen molar-refractivity contribution < 1.29 is 44.3 Å². The molecule has 12 heteroatoms. The van der Waals surface area contributed by atoms with E-state index in [1.807, 2.05) is 0 Å². The summed E-state index contributed by atoms with van der Waals surface area (Å²) in [5.74, 6) is -2.55. The molecular formula is C20H17F6NO4S. The Kier molecular flexibility index (Phi) is 5.73. The number of rotatable bonds is 4. The lowest BCUT2D eigenvalue weighted by Gasteiger charge is -2.27. The highest BCUT2D eigenvalue weighted by Crippen LogP contribution is 2.50. The lowest BCUT2D eigenvalue weighted by Crippen LogP contribution is -2.40. The van der Waals surface area contributed by atoms with E-state index in [1.165, 1.54) is 13.0 Å². The van der Waals surface area contributed by atoms with Crippen LogP contribution in [-0.4, -0.2) is 37.8 Å². The maximum atomic E-state index is 15.0. The molecule has 0 saturated carbocycles. The normalized spacial score (nSPS) is 18.9. The molecule has 0 bridgehead atoms. The minimum atomic E-state index is -4.87. The summed E-state index contributed by atoms with van der Waals surface area (Å²) < 4.78 is 112. The number of aryl methyl sites for hydroxylation is 1. The van der Waals surface area contributed by atoms with Gasteiger partial charge < -0.3 is 4.74 Å². The van der Waals surface area contributed by atoms with Gasteiger partial charge in [0, 0.05) is 11.8 Å². The standard InChI is InChI=1S/C20H17F6NO4S/c1-10-4-6-15-13(8-10)17(21)27(20(15,25)26)18(28)14-9-12(32(3,29)30)5-7-16(14)31-11(2)19(22,23)24/h4-9,11,17H,1-3H3/t11-,17?/m0/s1. The molecule has 0 aromatic heterocycles. The van der Waals surface area contributed by atoms with Gasteiger partial charge in [-0.15, -0.1) is 0 Å². The molecule has 1 heterocycles. The van der Waals surface area contributed by atoms with Crippen molar-refractivity contribution >= 4 is 15.7 Å². The number of carbonyl (C=O) groups is 1. The fourth-order valence-corrected chi connectivity index (χ4v) is 3.84. The summed E-state index contributed by atoms with van der Waals surface area (Å²) in [6.07, 6.45) is -9.21. The van der Waals surface area contributed by atoms with Crippen LogP contribution in [0, 0.1) is 6.92 Å². The fourth-order valence-electron chi connectivity index (χ4n) is 3.19. The Morgan fingerprint density at radius 2 is 1.78 bits per heavy atom. The number of ether oxygens (including phenoxy) is 1. The van der Waals surface area contributed by atoms with Gasteiger partial charge in [-0.25, -0.2) is 17.7 Å². The average molecular weight is 481 g/mol. The van der Waals surface area contributed by atoms with Gasteiger partial charge in [0.2, 0.25) is 6.30 Å². The van der Waals surface area contributed by atoms with E-state index < -0.39 is 72.6 Å². The van der Waals surface area contributed by atoms with Gasteiger partial charge >= 0.3 is 12.2 Å². The maximum absolute atomic E-state index is 15.0. The fraction of sp³-hybridized carbons (Fsp3) is 0.350. The number of amides is 1. The number of sulfone groups is 1. The molecule has 174 valence electrons.